The fraction of sp³-hybridized carbons (Fsp3) is 0.267. The van der Waals surface area contributed by atoms with Crippen molar-refractivity contribution >= 4 is 5.91 Å². The highest BCUT2D eigenvalue weighted by Gasteiger charge is 2.22. The molecular weight excluding hydrogens is 224 g/mol. The summed E-state index contributed by atoms with van der Waals surface area (Å²) in [6, 6.07) is 9.84. The molecule has 1 aliphatic heterocycles. The van der Waals surface area contributed by atoms with Crippen LogP contribution in [0.4, 0.5) is 0 Å². The van der Waals surface area contributed by atoms with Gasteiger partial charge >= 0.3 is 0 Å². The molecule has 0 spiro atoms. The third kappa shape index (κ3) is 1.82. The molecule has 18 heavy (non-hydrogen) atoms. The van der Waals surface area contributed by atoms with Crippen LogP contribution in [0.3, 0.4) is 0 Å². The number of aromatic nitrogens is 1. The number of hydrogen-bond acceptors (Lipinski definition) is 1. The number of benzene rings is 1. The van der Waals surface area contributed by atoms with Crippen molar-refractivity contribution in [3.63, 3.8) is 0 Å². The van der Waals surface area contributed by atoms with E-state index in [2.05, 4.69) is 11.1 Å². The number of fused-ring (bicyclic) bond motifs is 1. The molecule has 0 radical (unpaired) electrons. The van der Waals surface area contributed by atoms with Crippen LogP contribution in [-0.2, 0) is 13.0 Å². The quantitative estimate of drug-likeness (QED) is 0.817. The summed E-state index contributed by atoms with van der Waals surface area (Å²) >= 11 is 0. The molecule has 0 atom stereocenters. The zero-order chi connectivity index (χ0) is 12.5. The fourth-order valence-electron chi connectivity index (χ4n) is 2.50. The summed E-state index contributed by atoms with van der Waals surface area (Å²) in [7, 11) is 0. The van der Waals surface area contributed by atoms with Gasteiger partial charge in [0.15, 0.2) is 0 Å². The van der Waals surface area contributed by atoms with E-state index in [1.165, 1.54) is 11.3 Å². The summed E-state index contributed by atoms with van der Waals surface area (Å²) in [5.74, 6) is 0.139. The molecule has 1 aliphatic rings. The second-order valence-electron chi connectivity index (χ2n) is 4.77. The van der Waals surface area contributed by atoms with Gasteiger partial charge < -0.3 is 9.88 Å². The third-order valence-electron chi connectivity index (χ3n) is 3.59. The molecule has 1 aromatic heterocycles. The van der Waals surface area contributed by atoms with Crippen molar-refractivity contribution < 1.29 is 4.79 Å². The first-order valence-electron chi connectivity index (χ1n) is 6.26. The zero-order valence-corrected chi connectivity index (χ0v) is 10.4. The van der Waals surface area contributed by atoms with Crippen LogP contribution in [0, 0.1) is 6.92 Å². The van der Waals surface area contributed by atoms with E-state index < -0.39 is 0 Å². The van der Waals surface area contributed by atoms with Crippen LogP contribution in [0.25, 0.3) is 0 Å². The molecule has 3 heteroatoms. The molecule has 0 saturated carbocycles. The Hall–Kier alpha value is -2.03. The van der Waals surface area contributed by atoms with Gasteiger partial charge in [-0.05, 0) is 30.2 Å². The van der Waals surface area contributed by atoms with Crippen LogP contribution in [0.15, 0.2) is 36.5 Å². The van der Waals surface area contributed by atoms with Gasteiger partial charge in [0.1, 0.15) is 0 Å². The van der Waals surface area contributed by atoms with Crippen molar-refractivity contribution in [2.24, 2.45) is 0 Å². The number of rotatable bonds is 1. The number of nitrogens with one attached hydrogen (secondary N) is 1. The van der Waals surface area contributed by atoms with Gasteiger partial charge in [-0.25, -0.2) is 0 Å². The van der Waals surface area contributed by atoms with E-state index in [0.717, 1.165) is 24.1 Å². The summed E-state index contributed by atoms with van der Waals surface area (Å²) in [5.41, 5.74) is 4.37. The maximum atomic E-state index is 12.5. The Bertz CT molecular complexity index is 586. The SMILES string of the molecule is Cc1ccccc1C(=O)N1CCc2[nH]ccc2C1. The average Bonchev–Trinajstić information content (AvgIpc) is 2.85. The molecule has 1 amide bonds. The highest BCUT2D eigenvalue weighted by Crippen LogP contribution is 2.20. The summed E-state index contributed by atoms with van der Waals surface area (Å²) in [6.45, 7) is 3.49. The molecule has 0 fully saturated rings. The van der Waals surface area contributed by atoms with E-state index in [1.807, 2.05) is 42.3 Å². The van der Waals surface area contributed by atoms with Crippen LogP contribution in [-0.4, -0.2) is 22.3 Å². The Morgan fingerprint density at radius 2 is 2.11 bits per heavy atom. The minimum absolute atomic E-state index is 0.139. The largest absolute Gasteiger partial charge is 0.365 e. The monoisotopic (exact) mass is 240 g/mol. The molecule has 0 bridgehead atoms. The van der Waals surface area contributed by atoms with Crippen molar-refractivity contribution in [2.75, 3.05) is 6.54 Å². The maximum Gasteiger partial charge on any atom is 0.254 e. The van der Waals surface area contributed by atoms with Gasteiger partial charge in [0.05, 0.1) is 0 Å². The zero-order valence-electron chi connectivity index (χ0n) is 10.4. The van der Waals surface area contributed by atoms with E-state index in [-0.39, 0.29) is 5.91 Å². The highest BCUT2D eigenvalue weighted by atomic mass is 16.2. The van der Waals surface area contributed by atoms with Gasteiger partial charge in [0, 0.05) is 37.0 Å². The Morgan fingerprint density at radius 3 is 2.94 bits per heavy atom. The number of H-pyrrole nitrogens is 1. The lowest BCUT2D eigenvalue weighted by molar-refractivity contribution is 0.0733. The van der Waals surface area contributed by atoms with Crippen molar-refractivity contribution in [2.45, 2.75) is 19.9 Å². The first-order valence-corrected chi connectivity index (χ1v) is 6.26. The molecule has 1 aromatic carbocycles. The van der Waals surface area contributed by atoms with Crippen molar-refractivity contribution in [3.05, 3.63) is 58.9 Å². The van der Waals surface area contributed by atoms with Gasteiger partial charge in [-0.3, -0.25) is 4.79 Å². The number of amides is 1. The average molecular weight is 240 g/mol. The Balaban J connectivity index is 1.85. The highest BCUT2D eigenvalue weighted by molar-refractivity contribution is 5.95. The van der Waals surface area contributed by atoms with Crippen LogP contribution in [0.1, 0.15) is 27.2 Å². The van der Waals surface area contributed by atoms with Crippen molar-refractivity contribution in [3.8, 4) is 0 Å². The van der Waals surface area contributed by atoms with E-state index in [1.54, 1.807) is 0 Å². The molecule has 0 unspecified atom stereocenters. The minimum atomic E-state index is 0.139. The van der Waals surface area contributed by atoms with E-state index in [4.69, 9.17) is 0 Å². The summed E-state index contributed by atoms with van der Waals surface area (Å²) in [5, 5.41) is 0. The predicted octanol–water partition coefficient (Wildman–Crippen LogP) is 2.52. The normalized spacial score (nSPS) is 14.4. The third-order valence-corrected chi connectivity index (χ3v) is 3.59. The lowest BCUT2D eigenvalue weighted by Crippen LogP contribution is -2.36. The second kappa shape index (κ2) is 4.33. The van der Waals surface area contributed by atoms with Gasteiger partial charge in [-0.2, -0.15) is 0 Å². The van der Waals surface area contributed by atoms with Crippen LogP contribution in [0.5, 0.6) is 0 Å². The lowest BCUT2D eigenvalue weighted by atomic mass is 10.0. The number of carbonyl (C=O) groups excluding carboxylic acids is 1. The Morgan fingerprint density at radius 1 is 1.28 bits per heavy atom. The minimum Gasteiger partial charge on any atom is -0.365 e. The summed E-state index contributed by atoms with van der Waals surface area (Å²) in [4.78, 5) is 17.6. The summed E-state index contributed by atoms with van der Waals surface area (Å²) < 4.78 is 0. The van der Waals surface area contributed by atoms with Crippen molar-refractivity contribution in [1.29, 1.82) is 0 Å². The fourth-order valence-corrected chi connectivity index (χ4v) is 2.50. The molecular formula is C15H16N2O. The van der Waals surface area contributed by atoms with E-state index in [0.29, 0.717) is 6.54 Å². The van der Waals surface area contributed by atoms with Gasteiger partial charge in [-0.15, -0.1) is 0 Å². The molecule has 92 valence electrons. The molecule has 3 nitrogen and oxygen atoms in total. The smallest absolute Gasteiger partial charge is 0.254 e. The van der Waals surface area contributed by atoms with E-state index in [9.17, 15) is 4.79 Å². The molecule has 3 rings (SSSR count). The standard InChI is InChI=1S/C15H16N2O/c1-11-4-2-3-5-13(11)15(18)17-9-7-14-12(10-17)6-8-16-14/h2-6,8,16H,7,9-10H2,1H3. The van der Waals surface area contributed by atoms with Crippen LogP contribution < -0.4 is 0 Å². The van der Waals surface area contributed by atoms with Crippen LogP contribution in [0.2, 0.25) is 0 Å². The molecule has 1 N–H and O–H groups in total. The topological polar surface area (TPSA) is 36.1 Å². The van der Waals surface area contributed by atoms with Gasteiger partial charge in [-0.1, -0.05) is 18.2 Å². The molecule has 2 aromatic rings. The lowest BCUT2D eigenvalue weighted by Gasteiger charge is -2.27. The van der Waals surface area contributed by atoms with E-state index >= 15 is 0 Å². The Labute approximate surface area is 106 Å². The predicted molar refractivity (Wildman–Crippen MR) is 70.4 cm³/mol. The number of nitrogens with zero attached hydrogens (tertiary/aromatic N) is 1. The maximum absolute atomic E-state index is 12.5. The van der Waals surface area contributed by atoms with Gasteiger partial charge in [0.2, 0.25) is 0 Å². The number of aromatic amines is 1. The first kappa shape index (κ1) is 11.1. The number of carbonyl (C=O) groups is 1. The molecule has 2 heterocycles. The number of hydrogen-bond donors (Lipinski definition) is 1. The second-order valence-corrected chi connectivity index (χ2v) is 4.77. The summed E-state index contributed by atoms with van der Waals surface area (Å²) in [6.07, 6.45) is 2.87. The first-order chi connectivity index (χ1) is 8.75. The Kier molecular flexibility index (Phi) is 2.67. The van der Waals surface area contributed by atoms with Gasteiger partial charge in [0.25, 0.3) is 5.91 Å². The van der Waals surface area contributed by atoms with Crippen LogP contribution >= 0.6 is 0 Å². The number of aryl methyl sites for hydroxylation is 1. The molecule has 0 saturated heterocycles. The van der Waals surface area contributed by atoms with Crippen molar-refractivity contribution in [1.82, 2.24) is 9.88 Å². The molecule has 0 aliphatic carbocycles.